The molecule has 1 aromatic rings. The Bertz CT molecular complexity index is 444. The van der Waals surface area contributed by atoms with Gasteiger partial charge < -0.3 is 9.72 Å². The van der Waals surface area contributed by atoms with Crippen molar-refractivity contribution in [1.29, 1.82) is 0 Å². The van der Waals surface area contributed by atoms with Crippen molar-refractivity contribution in [2.24, 2.45) is 0 Å². The Hall–Kier alpha value is -1.43. The van der Waals surface area contributed by atoms with E-state index in [0.29, 0.717) is 0 Å². The van der Waals surface area contributed by atoms with Crippen LogP contribution in [0.1, 0.15) is 22.5 Å². The summed E-state index contributed by atoms with van der Waals surface area (Å²) in [5.74, 6) is -0.269. The van der Waals surface area contributed by atoms with Gasteiger partial charge in [0.05, 0.1) is 7.11 Å². The summed E-state index contributed by atoms with van der Waals surface area (Å²) in [7, 11) is 1.15. The number of nitrogens with one attached hydrogen (secondary N) is 1. The number of ether oxygens (including phenoxy) is 1. The second-order valence-electron chi connectivity index (χ2n) is 2.57. The molecule has 0 spiro atoms. The van der Waals surface area contributed by atoms with Crippen molar-refractivity contribution < 1.29 is 18.3 Å². The SMILES string of the molecule is COc1cc(=O)[nH]c(C(F)F)c1C(=O)Cl. The first-order chi connectivity index (χ1) is 6.97. The molecule has 0 aliphatic rings. The predicted molar refractivity (Wildman–Crippen MR) is 48.8 cm³/mol. The first-order valence-corrected chi connectivity index (χ1v) is 4.14. The van der Waals surface area contributed by atoms with Crippen LogP contribution in [-0.4, -0.2) is 17.3 Å². The van der Waals surface area contributed by atoms with Crippen LogP contribution in [0, 0.1) is 0 Å². The van der Waals surface area contributed by atoms with Gasteiger partial charge in [0.25, 0.3) is 17.2 Å². The van der Waals surface area contributed by atoms with Crippen molar-refractivity contribution in [2.45, 2.75) is 6.43 Å². The quantitative estimate of drug-likeness (QED) is 0.814. The van der Waals surface area contributed by atoms with E-state index in [4.69, 9.17) is 11.6 Å². The predicted octanol–water partition coefficient (Wildman–Crippen LogP) is 1.70. The summed E-state index contributed by atoms with van der Waals surface area (Å²) in [6, 6.07) is 0.876. The number of alkyl halides is 2. The third kappa shape index (κ3) is 2.33. The molecule has 1 N–H and O–H groups in total. The summed E-state index contributed by atoms with van der Waals surface area (Å²) < 4.78 is 29.5. The van der Waals surface area contributed by atoms with E-state index in [2.05, 4.69) is 4.74 Å². The van der Waals surface area contributed by atoms with E-state index >= 15 is 0 Å². The molecule has 0 aliphatic carbocycles. The molecule has 0 unspecified atom stereocenters. The molecule has 0 saturated carbocycles. The summed E-state index contributed by atoms with van der Waals surface area (Å²) in [5.41, 5.74) is -2.14. The zero-order chi connectivity index (χ0) is 11.6. The number of H-pyrrole nitrogens is 1. The summed E-state index contributed by atoms with van der Waals surface area (Å²) in [4.78, 5) is 23.7. The molecule has 0 saturated heterocycles. The number of hydrogen-bond donors (Lipinski definition) is 1. The van der Waals surface area contributed by atoms with Crippen molar-refractivity contribution in [3.05, 3.63) is 27.7 Å². The Morgan fingerprint density at radius 1 is 1.60 bits per heavy atom. The lowest BCUT2D eigenvalue weighted by Gasteiger charge is -2.08. The van der Waals surface area contributed by atoms with Crippen LogP contribution in [0.2, 0.25) is 0 Å². The highest BCUT2D eigenvalue weighted by Gasteiger charge is 2.23. The summed E-state index contributed by atoms with van der Waals surface area (Å²) >= 11 is 5.11. The molecule has 0 atom stereocenters. The van der Waals surface area contributed by atoms with E-state index in [1.54, 1.807) is 0 Å². The second-order valence-corrected chi connectivity index (χ2v) is 2.91. The summed E-state index contributed by atoms with van der Waals surface area (Å²) in [6.45, 7) is 0. The first-order valence-electron chi connectivity index (χ1n) is 3.76. The topological polar surface area (TPSA) is 59.2 Å². The third-order valence-corrected chi connectivity index (χ3v) is 1.86. The van der Waals surface area contributed by atoms with Crippen LogP contribution in [0.3, 0.4) is 0 Å². The van der Waals surface area contributed by atoms with Crippen LogP contribution < -0.4 is 10.3 Å². The minimum absolute atomic E-state index is 0.269. The van der Waals surface area contributed by atoms with Crippen LogP contribution in [0.25, 0.3) is 0 Å². The van der Waals surface area contributed by atoms with Gasteiger partial charge in [-0.15, -0.1) is 0 Å². The normalized spacial score (nSPS) is 10.5. The molecule has 1 heterocycles. The Kier molecular flexibility index (Phi) is 3.41. The molecule has 1 rings (SSSR count). The second kappa shape index (κ2) is 4.39. The van der Waals surface area contributed by atoms with Gasteiger partial charge in [0.2, 0.25) is 0 Å². The van der Waals surface area contributed by atoms with Gasteiger partial charge in [-0.25, -0.2) is 8.78 Å². The van der Waals surface area contributed by atoms with Crippen LogP contribution in [0.5, 0.6) is 5.75 Å². The number of rotatable bonds is 3. The fraction of sp³-hybridized carbons (Fsp3) is 0.250. The van der Waals surface area contributed by atoms with Gasteiger partial charge in [0.1, 0.15) is 17.0 Å². The number of hydrogen-bond acceptors (Lipinski definition) is 3. The van der Waals surface area contributed by atoms with Gasteiger partial charge in [0, 0.05) is 6.07 Å². The number of halogens is 3. The van der Waals surface area contributed by atoms with Gasteiger partial charge in [-0.2, -0.15) is 0 Å². The van der Waals surface area contributed by atoms with E-state index in [1.165, 1.54) is 0 Å². The maximum absolute atomic E-state index is 12.4. The third-order valence-electron chi connectivity index (χ3n) is 1.67. The first kappa shape index (κ1) is 11.6. The molecule has 7 heteroatoms. The highest BCUT2D eigenvalue weighted by atomic mass is 35.5. The minimum Gasteiger partial charge on any atom is -0.496 e. The van der Waals surface area contributed by atoms with Gasteiger partial charge in [-0.1, -0.05) is 0 Å². The Balaban J connectivity index is 3.54. The van der Waals surface area contributed by atoms with Gasteiger partial charge in [-0.05, 0) is 11.6 Å². The molecule has 0 fully saturated rings. The standard InChI is InChI=1S/C8H6ClF2NO3/c1-15-3-2-4(13)12-6(8(10)11)5(3)7(9)14/h2,8H,1H3,(H,12,13). The maximum atomic E-state index is 12.4. The maximum Gasteiger partial charge on any atom is 0.279 e. The Morgan fingerprint density at radius 2 is 2.20 bits per heavy atom. The largest absolute Gasteiger partial charge is 0.496 e. The number of carbonyl (C=O) groups is 1. The van der Waals surface area contributed by atoms with E-state index in [1.807, 2.05) is 4.98 Å². The van der Waals surface area contributed by atoms with E-state index in [0.717, 1.165) is 13.2 Å². The van der Waals surface area contributed by atoms with E-state index < -0.39 is 28.5 Å². The molecular formula is C8H6ClF2NO3. The van der Waals surface area contributed by atoms with Gasteiger partial charge >= 0.3 is 0 Å². The molecular weight excluding hydrogens is 232 g/mol. The molecule has 0 radical (unpaired) electrons. The van der Waals surface area contributed by atoms with E-state index in [9.17, 15) is 18.4 Å². The average Bonchev–Trinajstić information content (AvgIpc) is 2.15. The highest BCUT2D eigenvalue weighted by Crippen LogP contribution is 2.27. The average molecular weight is 238 g/mol. The molecule has 0 amide bonds. The lowest BCUT2D eigenvalue weighted by molar-refractivity contribution is 0.105. The van der Waals surface area contributed by atoms with Crippen molar-refractivity contribution in [1.82, 2.24) is 4.98 Å². The van der Waals surface area contributed by atoms with Crippen molar-refractivity contribution in [3.63, 3.8) is 0 Å². The number of aromatic nitrogens is 1. The Morgan fingerprint density at radius 3 is 2.60 bits per heavy atom. The Labute approximate surface area is 87.8 Å². The monoisotopic (exact) mass is 237 g/mol. The fourth-order valence-electron chi connectivity index (χ4n) is 1.08. The fourth-order valence-corrected chi connectivity index (χ4v) is 1.28. The zero-order valence-electron chi connectivity index (χ0n) is 7.51. The number of aromatic amines is 1. The van der Waals surface area contributed by atoms with Crippen molar-refractivity contribution in [3.8, 4) is 5.75 Å². The molecule has 1 aromatic heterocycles. The molecule has 0 aliphatic heterocycles. The summed E-state index contributed by atoms with van der Waals surface area (Å²) in [6.07, 6.45) is -3.01. The minimum atomic E-state index is -3.01. The number of pyridine rings is 1. The van der Waals surface area contributed by atoms with Crippen LogP contribution >= 0.6 is 11.6 Å². The molecule has 15 heavy (non-hydrogen) atoms. The smallest absolute Gasteiger partial charge is 0.279 e. The van der Waals surface area contributed by atoms with Gasteiger partial charge in [0.15, 0.2) is 0 Å². The van der Waals surface area contributed by atoms with Crippen LogP contribution in [-0.2, 0) is 0 Å². The van der Waals surface area contributed by atoms with Crippen molar-refractivity contribution in [2.75, 3.05) is 7.11 Å². The molecule has 82 valence electrons. The highest BCUT2D eigenvalue weighted by molar-refractivity contribution is 6.68. The zero-order valence-corrected chi connectivity index (χ0v) is 8.27. The van der Waals surface area contributed by atoms with Crippen LogP contribution in [0.15, 0.2) is 10.9 Å². The van der Waals surface area contributed by atoms with E-state index in [-0.39, 0.29) is 5.75 Å². The lowest BCUT2D eigenvalue weighted by atomic mass is 10.2. The lowest BCUT2D eigenvalue weighted by Crippen LogP contribution is -2.14. The summed E-state index contributed by atoms with van der Waals surface area (Å²) in [5, 5.41) is -1.11. The van der Waals surface area contributed by atoms with Gasteiger partial charge in [-0.3, -0.25) is 9.59 Å². The van der Waals surface area contributed by atoms with Crippen LogP contribution in [0.4, 0.5) is 8.78 Å². The number of carbonyl (C=O) groups excluding carboxylic acids is 1. The molecule has 0 bridgehead atoms. The number of methoxy groups -OCH3 is 1. The molecule has 4 nitrogen and oxygen atoms in total. The van der Waals surface area contributed by atoms with Crippen molar-refractivity contribution >= 4 is 16.8 Å². The molecule has 0 aromatic carbocycles.